The SMILES string of the molecule is Cc1ncoc1C(=O)NCc1cnc2[nH]cc(-c3cncc(NC(C(=O)NCC(F)(F)F)C(C)C)c3)c2c1. The third kappa shape index (κ3) is 6.28. The lowest BCUT2D eigenvalue weighted by Gasteiger charge is -2.23. The molecular formula is C25H26F3N7O3. The summed E-state index contributed by atoms with van der Waals surface area (Å²) in [5.41, 5.74) is 3.78. The van der Waals surface area contributed by atoms with Crippen LogP contribution in [0, 0.1) is 12.8 Å². The Hall–Kier alpha value is -4.42. The molecule has 10 nitrogen and oxygen atoms in total. The van der Waals surface area contributed by atoms with Crippen molar-refractivity contribution in [2.75, 3.05) is 11.9 Å². The van der Waals surface area contributed by atoms with Gasteiger partial charge in [0, 0.05) is 47.8 Å². The number of aryl methyl sites for hydroxylation is 1. The molecule has 0 aliphatic heterocycles. The van der Waals surface area contributed by atoms with Crippen molar-refractivity contribution in [3.05, 3.63) is 60.3 Å². The Morgan fingerprint density at radius 1 is 1.11 bits per heavy atom. The fraction of sp³-hybridized carbons (Fsp3) is 0.320. The second-order valence-electron chi connectivity index (χ2n) is 9.05. The normalized spacial score (nSPS) is 12.5. The van der Waals surface area contributed by atoms with Crippen LogP contribution in [0.4, 0.5) is 18.9 Å². The number of pyridine rings is 2. The van der Waals surface area contributed by atoms with Crippen molar-refractivity contribution in [1.29, 1.82) is 0 Å². The largest absolute Gasteiger partial charge is 0.438 e. The van der Waals surface area contributed by atoms with E-state index in [9.17, 15) is 22.8 Å². The molecule has 4 N–H and O–H groups in total. The fourth-order valence-corrected chi connectivity index (χ4v) is 3.84. The van der Waals surface area contributed by atoms with Crippen molar-refractivity contribution >= 4 is 28.5 Å². The van der Waals surface area contributed by atoms with Gasteiger partial charge in [-0.15, -0.1) is 0 Å². The summed E-state index contributed by atoms with van der Waals surface area (Å²) >= 11 is 0. The number of hydrogen-bond donors (Lipinski definition) is 4. The molecule has 4 rings (SSSR count). The minimum absolute atomic E-state index is 0.142. The summed E-state index contributed by atoms with van der Waals surface area (Å²) in [4.78, 5) is 40.4. The van der Waals surface area contributed by atoms with Crippen LogP contribution in [-0.4, -0.2) is 50.5 Å². The summed E-state index contributed by atoms with van der Waals surface area (Å²) in [5, 5.41) is 8.48. The number of hydrogen-bond acceptors (Lipinski definition) is 7. The van der Waals surface area contributed by atoms with E-state index in [0.717, 1.165) is 16.5 Å². The van der Waals surface area contributed by atoms with Gasteiger partial charge in [0.15, 0.2) is 6.39 Å². The van der Waals surface area contributed by atoms with Gasteiger partial charge in [-0.2, -0.15) is 13.2 Å². The molecule has 38 heavy (non-hydrogen) atoms. The quantitative estimate of drug-likeness (QED) is 0.257. The number of nitrogens with zero attached hydrogens (tertiary/aromatic N) is 3. The first-order valence-electron chi connectivity index (χ1n) is 11.7. The first-order valence-corrected chi connectivity index (χ1v) is 11.7. The first-order chi connectivity index (χ1) is 18.0. The number of H-pyrrole nitrogens is 1. The van der Waals surface area contributed by atoms with E-state index >= 15 is 0 Å². The summed E-state index contributed by atoms with van der Waals surface area (Å²) in [5.74, 6) is -1.30. The molecule has 0 saturated heterocycles. The molecule has 4 heterocycles. The molecule has 0 aliphatic rings. The van der Waals surface area contributed by atoms with Crippen molar-refractivity contribution in [1.82, 2.24) is 30.6 Å². The van der Waals surface area contributed by atoms with E-state index in [4.69, 9.17) is 4.42 Å². The number of carbonyl (C=O) groups is 2. The van der Waals surface area contributed by atoms with Crippen molar-refractivity contribution in [2.45, 2.75) is 39.5 Å². The van der Waals surface area contributed by atoms with Crippen molar-refractivity contribution in [2.24, 2.45) is 5.92 Å². The van der Waals surface area contributed by atoms with Crippen molar-refractivity contribution in [3.63, 3.8) is 0 Å². The van der Waals surface area contributed by atoms with E-state index < -0.39 is 30.6 Å². The fourth-order valence-electron chi connectivity index (χ4n) is 3.84. The molecular weight excluding hydrogens is 503 g/mol. The van der Waals surface area contributed by atoms with Crippen LogP contribution in [0.15, 0.2) is 47.7 Å². The van der Waals surface area contributed by atoms with Gasteiger partial charge in [0.25, 0.3) is 5.91 Å². The van der Waals surface area contributed by atoms with Gasteiger partial charge in [0.2, 0.25) is 11.7 Å². The minimum Gasteiger partial charge on any atom is -0.438 e. The number of alkyl halides is 3. The molecule has 0 aliphatic carbocycles. The number of anilines is 1. The number of nitrogens with one attached hydrogen (secondary N) is 4. The van der Waals surface area contributed by atoms with Gasteiger partial charge in [-0.1, -0.05) is 13.8 Å². The zero-order chi connectivity index (χ0) is 27.4. The zero-order valence-electron chi connectivity index (χ0n) is 20.8. The van der Waals surface area contributed by atoms with Crippen molar-refractivity contribution < 1.29 is 27.2 Å². The number of aromatic nitrogens is 4. The standard InChI is InChI=1S/C25H26F3N7O3/c1-13(2)20(23(36)33-11-25(26,27)28)35-17-5-16(8-29-9-17)19-10-31-22-18(19)4-15(6-30-22)7-32-24(37)21-14(3)34-12-38-21/h4-6,8-10,12-13,20,35H,7,11H2,1-3H3,(H,30,31)(H,32,37)(H,33,36). The Balaban J connectivity index is 1.52. The number of aromatic amines is 1. The Morgan fingerprint density at radius 3 is 2.58 bits per heavy atom. The Morgan fingerprint density at radius 2 is 1.89 bits per heavy atom. The highest BCUT2D eigenvalue weighted by Gasteiger charge is 2.30. The van der Waals surface area contributed by atoms with Crippen LogP contribution in [0.5, 0.6) is 0 Å². The highest BCUT2D eigenvalue weighted by Crippen LogP contribution is 2.30. The average Bonchev–Trinajstić information content (AvgIpc) is 3.49. The van der Waals surface area contributed by atoms with Crippen LogP contribution >= 0.6 is 0 Å². The molecule has 0 radical (unpaired) electrons. The molecule has 2 amide bonds. The number of rotatable bonds is 9. The summed E-state index contributed by atoms with van der Waals surface area (Å²) in [6.45, 7) is 3.94. The number of oxazole rings is 1. The van der Waals surface area contributed by atoms with Crippen molar-refractivity contribution in [3.8, 4) is 11.1 Å². The lowest BCUT2D eigenvalue weighted by molar-refractivity contribution is -0.139. The molecule has 0 fully saturated rings. The van der Waals surface area contributed by atoms with E-state index in [-0.39, 0.29) is 18.2 Å². The number of halogens is 3. The molecule has 4 aromatic heterocycles. The zero-order valence-corrected chi connectivity index (χ0v) is 20.8. The number of carbonyl (C=O) groups excluding carboxylic acids is 2. The van der Waals surface area contributed by atoms with Gasteiger partial charge in [-0.25, -0.2) is 9.97 Å². The Bertz CT molecular complexity index is 1450. The summed E-state index contributed by atoms with van der Waals surface area (Å²) < 4.78 is 42.8. The molecule has 1 atom stereocenters. The van der Waals surface area contributed by atoms with Gasteiger partial charge >= 0.3 is 6.18 Å². The lowest BCUT2D eigenvalue weighted by atomic mass is 10.0. The Kier molecular flexibility index (Phi) is 7.65. The molecule has 200 valence electrons. The van der Waals surface area contributed by atoms with Gasteiger partial charge in [0.05, 0.1) is 11.4 Å². The summed E-state index contributed by atoms with van der Waals surface area (Å²) in [6.07, 6.45) is 3.23. The van der Waals surface area contributed by atoms with E-state index in [1.165, 1.54) is 12.6 Å². The maximum atomic E-state index is 12.6. The highest BCUT2D eigenvalue weighted by molar-refractivity contribution is 5.95. The minimum atomic E-state index is -4.50. The van der Waals surface area contributed by atoms with Gasteiger partial charge < -0.3 is 25.4 Å². The molecule has 0 spiro atoms. The summed E-state index contributed by atoms with van der Waals surface area (Å²) in [7, 11) is 0. The smallest absolute Gasteiger partial charge is 0.405 e. The number of amides is 2. The monoisotopic (exact) mass is 529 g/mol. The highest BCUT2D eigenvalue weighted by atomic mass is 19.4. The van der Waals surface area contributed by atoms with Crippen LogP contribution in [0.2, 0.25) is 0 Å². The van der Waals surface area contributed by atoms with E-state index in [1.807, 2.05) is 11.4 Å². The van der Waals surface area contributed by atoms with E-state index in [2.05, 4.69) is 30.6 Å². The second-order valence-corrected chi connectivity index (χ2v) is 9.05. The predicted molar refractivity (Wildman–Crippen MR) is 133 cm³/mol. The van der Waals surface area contributed by atoms with Crippen LogP contribution in [-0.2, 0) is 11.3 Å². The topological polar surface area (TPSA) is 138 Å². The first kappa shape index (κ1) is 26.6. The summed E-state index contributed by atoms with van der Waals surface area (Å²) in [6, 6.07) is 2.73. The maximum absolute atomic E-state index is 12.6. The van der Waals surface area contributed by atoms with Gasteiger partial charge in [-0.3, -0.25) is 14.6 Å². The molecule has 4 aromatic rings. The third-order valence-electron chi connectivity index (χ3n) is 5.78. The van der Waals surface area contributed by atoms with Crippen LogP contribution < -0.4 is 16.0 Å². The molecule has 0 saturated carbocycles. The molecule has 1 unspecified atom stereocenters. The van der Waals surface area contributed by atoms with Gasteiger partial charge in [0.1, 0.15) is 18.2 Å². The van der Waals surface area contributed by atoms with Crippen LogP contribution in [0.1, 0.15) is 35.7 Å². The van der Waals surface area contributed by atoms with Crippen LogP contribution in [0.25, 0.3) is 22.2 Å². The Labute approximate surface area is 215 Å². The molecule has 0 bridgehead atoms. The lowest BCUT2D eigenvalue weighted by Crippen LogP contribution is -2.46. The van der Waals surface area contributed by atoms with E-state index in [1.54, 1.807) is 45.4 Å². The molecule has 0 aromatic carbocycles. The molecule has 13 heteroatoms. The number of fused-ring (bicyclic) bond motifs is 1. The predicted octanol–water partition coefficient (Wildman–Crippen LogP) is 3.97. The average molecular weight is 530 g/mol. The second kappa shape index (κ2) is 10.9. The van der Waals surface area contributed by atoms with Crippen LogP contribution in [0.3, 0.4) is 0 Å². The van der Waals surface area contributed by atoms with Gasteiger partial charge in [-0.05, 0) is 30.5 Å². The maximum Gasteiger partial charge on any atom is 0.405 e. The third-order valence-corrected chi connectivity index (χ3v) is 5.78. The van der Waals surface area contributed by atoms with E-state index in [0.29, 0.717) is 22.6 Å².